The van der Waals surface area contributed by atoms with E-state index in [1.807, 2.05) is 24.3 Å². The summed E-state index contributed by atoms with van der Waals surface area (Å²) in [6, 6.07) is 6.91. The number of unbranched alkanes of at least 4 members (excludes halogenated alkanes) is 2. The van der Waals surface area contributed by atoms with Crippen molar-refractivity contribution in [2.24, 2.45) is 10.8 Å². The van der Waals surface area contributed by atoms with Crippen LogP contribution in [0.1, 0.15) is 38.7 Å². The quantitative estimate of drug-likeness (QED) is 0.450. The second-order valence-electron chi connectivity index (χ2n) is 4.25. The van der Waals surface area contributed by atoms with Crippen molar-refractivity contribution >= 4 is 11.7 Å². The molecule has 19 heavy (non-hydrogen) atoms. The first-order chi connectivity index (χ1) is 9.13. The van der Waals surface area contributed by atoms with E-state index in [1.165, 1.54) is 12.8 Å². The van der Waals surface area contributed by atoms with Gasteiger partial charge in [0.1, 0.15) is 5.75 Å². The third-order valence-electron chi connectivity index (χ3n) is 2.62. The van der Waals surface area contributed by atoms with Crippen LogP contribution < -0.4 is 15.9 Å². The summed E-state index contributed by atoms with van der Waals surface area (Å²) in [5.74, 6) is 0.843. The van der Waals surface area contributed by atoms with Crippen LogP contribution in [0.15, 0.2) is 29.4 Å². The fourth-order valence-electron chi connectivity index (χ4n) is 1.54. The molecule has 0 bridgehead atoms. The number of carbonyl (C=O) groups excluding carboxylic acids is 1. The smallest absolute Gasteiger partial charge is 0.332 e. The van der Waals surface area contributed by atoms with Gasteiger partial charge in [-0.05, 0) is 43.2 Å². The van der Waals surface area contributed by atoms with Crippen LogP contribution in [0.2, 0.25) is 0 Å². The fourth-order valence-corrected chi connectivity index (χ4v) is 1.54. The number of benzene rings is 1. The number of urea groups is 1. The Hall–Kier alpha value is -2.04. The van der Waals surface area contributed by atoms with Gasteiger partial charge in [0.05, 0.1) is 12.3 Å². The maximum absolute atomic E-state index is 10.5. The van der Waals surface area contributed by atoms with Gasteiger partial charge in [-0.2, -0.15) is 5.10 Å². The third kappa shape index (κ3) is 5.90. The Labute approximate surface area is 113 Å². The first-order valence-electron chi connectivity index (χ1n) is 6.46. The summed E-state index contributed by atoms with van der Waals surface area (Å²) in [6.07, 6.45) is 3.44. The fraction of sp³-hybridized carbons (Fsp3) is 0.429. The number of hydrazone groups is 1. The second-order valence-corrected chi connectivity index (χ2v) is 4.25. The molecule has 0 aliphatic heterocycles. The minimum atomic E-state index is -0.671. The van der Waals surface area contributed by atoms with Gasteiger partial charge in [-0.15, -0.1) is 0 Å². The van der Waals surface area contributed by atoms with Crippen LogP contribution in [0.25, 0.3) is 0 Å². The lowest BCUT2D eigenvalue weighted by Gasteiger charge is -2.07. The van der Waals surface area contributed by atoms with Crippen LogP contribution in [0, 0.1) is 0 Å². The van der Waals surface area contributed by atoms with E-state index in [9.17, 15) is 4.79 Å². The van der Waals surface area contributed by atoms with E-state index in [-0.39, 0.29) is 0 Å². The first-order valence-corrected chi connectivity index (χ1v) is 6.46. The maximum Gasteiger partial charge on any atom is 0.332 e. The molecule has 0 fully saturated rings. The zero-order chi connectivity index (χ0) is 14.1. The van der Waals surface area contributed by atoms with Gasteiger partial charge in [0.25, 0.3) is 0 Å². The Morgan fingerprint density at radius 1 is 1.32 bits per heavy atom. The van der Waals surface area contributed by atoms with Crippen LogP contribution in [0.4, 0.5) is 4.79 Å². The molecule has 0 atom stereocenters. The average Bonchev–Trinajstić information content (AvgIpc) is 2.41. The molecule has 0 radical (unpaired) electrons. The SMILES string of the molecule is CCCCCOc1ccc(/C(C)=N\NC(N)=O)cc1. The second kappa shape index (κ2) is 8.13. The summed E-state index contributed by atoms with van der Waals surface area (Å²) in [6.45, 7) is 4.70. The standard InChI is InChI=1S/C14H21N3O2/c1-3-4-5-10-19-13-8-6-12(7-9-13)11(2)16-17-14(15)18/h6-9H,3-5,10H2,1-2H3,(H3,15,17,18)/b16-11-. The molecule has 0 saturated heterocycles. The van der Waals surface area contributed by atoms with Crippen molar-refractivity contribution in [2.45, 2.75) is 33.1 Å². The predicted molar refractivity (Wildman–Crippen MR) is 76.4 cm³/mol. The van der Waals surface area contributed by atoms with Crippen LogP contribution in [-0.4, -0.2) is 18.3 Å². The van der Waals surface area contributed by atoms with Crippen LogP contribution in [0.5, 0.6) is 5.75 Å². The number of rotatable bonds is 7. The minimum absolute atomic E-state index is 0.671. The van der Waals surface area contributed by atoms with Gasteiger partial charge in [-0.3, -0.25) is 0 Å². The zero-order valence-electron chi connectivity index (χ0n) is 11.5. The average molecular weight is 263 g/mol. The van der Waals surface area contributed by atoms with Crippen LogP contribution >= 0.6 is 0 Å². The zero-order valence-corrected chi connectivity index (χ0v) is 11.5. The van der Waals surface area contributed by atoms with E-state index in [1.54, 1.807) is 6.92 Å². The molecular formula is C14H21N3O2. The summed E-state index contributed by atoms with van der Waals surface area (Å²) in [7, 11) is 0. The van der Waals surface area contributed by atoms with Gasteiger partial charge < -0.3 is 10.5 Å². The van der Waals surface area contributed by atoms with E-state index >= 15 is 0 Å². The number of nitrogens with one attached hydrogen (secondary N) is 1. The number of nitrogens with zero attached hydrogens (tertiary/aromatic N) is 1. The molecule has 5 heteroatoms. The monoisotopic (exact) mass is 263 g/mol. The number of amides is 2. The Kier molecular flexibility index (Phi) is 6.43. The number of ether oxygens (including phenoxy) is 1. The highest BCUT2D eigenvalue weighted by atomic mass is 16.5. The normalized spacial score (nSPS) is 11.2. The van der Waals surface area contributed by atoms with E-state index in [2.05, 4.69) is 17.5 Å². The summed E-state index contributed by atoms with van der Waals surface area (Å²) in [4.78, 5) is 10.5. The molecule has 0 spiro atoms. The first kappa shape index (κ1) is 15.0. The number of hydrogen-bond acceptors (Lipinski definition) is 3. The van der Waals surface area contributed by atoms with Crippen molar-refractivity contribution in [1.82, 2.24) is 5.43 Å². The summed E-state index contributed by atoms with van der Waals surface area (Å²) < 4.78 is 5.61. The summed E-state index contributed by atoms with van der Waals surface area (Å²) >= 11 is 0. The molecule has 0 heterocycles. The van der Waals surface area contributed by atoms with E-state index < -0.39 is 6.03 Å². The summed E-state index contributed by atoms with van der Waals surface area (Å²) in [5, 5.41) is 3.86. The van der Waals surface area contributed by atoms with Gasteiger partial charge in [0.15, 0.2) is 0 Å². The number of hydrogen-bond donors (Lipinski definition) is 2. The Bertz CT molecular complexity index is 427. The molecule has 0 unspecified atom stereocenters. The number of primary amides is 1. The van der Waals surface area contributed by atoms with E-state index in [0.29, 0.717) is 5.71 Å². The Balaban J connectivity index is 2.51. The number of nitrogens with two attached hydrogens (primary N) is 1. The molecule has 5 nitrogen and oxygen atoms in total. The maximum atomic E-state index is 10.5. The van der Waals surface area contributed by atoms with Crippen LogP contribution in [0.3, 0.4) is 0 Å². The van der Waals surface area contributed by atoms with Crippen LogP contribution in [-0.2, 0) is 0 Å². The topological polar surface area (TPSA) is 76.7 Å². The lowest BCUT2D eigenvalue weighted by Crippen LogP contribution is -2.25. The molecular weight excluding hydrogens is 242 g/mol. The summed E-state index contributed by atoms with van der Waals surface area (Å²) in [5.41, 5.74) is 8.75. The van der Waals surface area contributed by atoms with Gasteiger partial charge in [-0.25, -0.2) is 10.2 Å². The van der Waals surface area contributed by atoms with Crippen molar-refractivity contribution in [2.75, 3.05) is 6.61 Å². The molecule has 1 aromatic carbocycles. The van der Waals surface area contributed by atoms with Crippen molar-refractivity contribution in [3.05, 3.63) is 29.8 Å². The molecule has 0 aliphatic carbocycles. The van der Waals surface area contributed by atoms with E-state index in [4.69, 9.17) is 10.5 Å². The molecule has 3 N–H and O–H groups in total. The molecule has 1 rings (SSSR count). The predicted octanol–water partition coefficient (Wildman–Crippen LogP) is 2.65. The third-order valence-corrected chi connectivity index (χ3v) is 2.62. The largest absolute Gasteiger partial charge is 0.494 e. The molecule has 0 aromatic heterocycles. The minimum Gasteiger partial charge on any atom is -0.494 e. The molecule has 0 aliphatic rings. The Morgan fingerprint density at radius 3 is 2.58 bits per heavy atom. The van der Waals surface area contributed by atoms with Gasteiger partial charge in [0.2, 0.25) is 0 Å². The Morgan fingerprint density at radius 2 is 2.00 bits per heavy atom. The highest BCUT2D eigenvalue weighted by Gasteiger charge is 1.99. The molecule has 1 aromatic rings. The van der Waals surface area contributed by atoms with Crippen molar-refractivity contribution in [3.8, 4) is 5.75 Å². The van der Waals surface area contributed by atoms with Crippen molar-refractivity contribution < 1.29 is 9.53 Å². The molecule has 0 saturated carbocycles. The van der Waals surface area contributed by atoms with Gasteiger partial charge in [-0.1, -0.05) is 19.8 Å². The number of carbonyl (C=O) groups is 1. The highest BCUT2D eigenvalue weighted by Crippen LogP contribution is 2.13. The van der Waals surface area contributed by atoms with Crippen molar-refractivity contribution in [1.29, 1.82) is 0 Å². The lowest BCUT2D eigenvalue weighted by atomic mass is 10.1. The highest BCUT2D eigenvalue weighted by molar-refractivity contribution is 5.99. The van der Waals surface area contributed by atoms with Gasteiger partial charge >= 0.3 is 6.03 Å². The van der Waals surface area contributed by atoms with E-state index in [0.717, 1.165) is 24.3 Å². The van der Waals surface area contributed by atoms with Gasteiger partial charge in [0, 0.05) is 0 Å². The lowest BCUT2D eigenvalue weighted by molar-refractivity contribution is 0.249. The molecule has 104 valence electrons. The van der Waals surface area contributed by atoms with Crippen molar-refractivity contribution in [3.63, 3.8) is 0 Å². The molecule has 2 amide bonds.